The highest BCUT2D eigenvalue weighted by Crippen LogP contribution is 1.88. The van der Waals surface area contributed by atoms with E-state index in [0.29, 0.717) is 6.42 Å². The van der Waals surface area contributed by atoms with E-state index >= 15 is 0 Å². The van der Waals surface area contributed by atoms with Crippen LogP contribution in [0.4, 0.5) is 0 Å². The summed E-state index contributed by atoms with van der Waals surface area (Å²) < 4.78 is 4.37. The van der Waals surface area contributed by atoms with Crippen LogP contribution in [0.3, 0.4) is 0 Å². The standard InChI is InChI=1S/C6H9O3/c1-2-3-6(8)9-5-4-7/h2-3,5H2,1H3. The van der Waals surface area contributed by atoms with E-state index in [2.05, 4.69) is 4.74 Å². The van der Waals surface area contributed by atoms with E-state index in [1.54, 1.807) is 0 Å². The summed E-state index contributed by atoms with van der Waals surface area (Å²) in [4.78, 5) is 19.9. The molecule has 0 spiro atoms. The fourth-order valence-electron chi connectivity index (χ4n) is 0.386. The van der Waals surface area contributed by atoms with Gasteiger partial charge >= 0.3 is 5.97 Å². The third-order valence-corrected chi connectivity index (χ3v) is 0.746. The topological polar surface area (TPSA) is 43.4 Å². The zero-order valence-corrected chi connectivity index (χ0v) is 5.35. The SMILES string of the molecule is CCCC(=O)OC[C]=O. The van der Waals surface area contributed by atoms with Crippen LogP contribution >= 0.6 is 0 Å². The Balaban J connectivity index is 3.16. The van der Waals surface area contributed by atoms with Gasteiger partial charge in [-0.2, -0.15) is 0 Å². The Kier molecular flexibility index (Phi) is 4.78. The monoisotopic (exact) mass is 129 g/mol. The third-order valence-electron chi connectivity index (χ3n) is 0.746. The van der Waals surface area contributed by atoms with E-state index in [9.17, 15) is 9.59 Å². The first-order valence-corrected chi connectivity index (χ1v) is 2.82. The van der Waals surface area contributed by atoms with E-state index in [-0.39, 0.29) is 12.6 Å². The molecule has 0 unspecified atom stereocenters. The molecule has 0 atom stereocenters. The second kappa shape index (κ2) is 5.28. The molecule has 1 radical (unpaired) electrons. The predicted octanol–water partition coefficient (Wildman–Crippen LogP) is 0.439. The van der Waals surface area contributed by atoms with Gasteiger partial charge in [-0.15, -0.1) is 0 Å². The Morgan fingerprint density at radius 3 is 2.78 bits per heavy atom. The molecule has 0 aliphatic rings. The molecular formula is C6H9O3. The fourth-order valence-corrected chi connectivity index (χ4v) is 0.386. The van der Waals surface area contributed by atoms with Crippen molar-refractivity contribution in [2.45, 2.75) is 19.8 Å². The Morgan fingerprint density at radius 1 is 1.67 bits per heavy atom. The third kappa shape index (κ3) is 5.00. The lowest BCUT2D eigenvalue weighted by molar-refractivity contribution is -0.141. The van der Waals surface area contributed by atoms with E-state index < -0.39 is 0 Å². The highest BCUT2D eigenvalue weighted by Gasteiger charge is 1.97. The van der Waals surface area contributed by atoms with Crippen molar-refractivity contribution in [1.82, 2.24) is 0 Å². The molecule has 0 saturated carbocycles. The molecule has 0 N–H and O–H groups in total. The number of hydrogen-bond donors (Lipinski definition) is 0. The van der Waals surface area contributed by atoms with Gasteiger partial charge in [-0.05, 0) is 6.42 Å². The normalized spacial score (nSPS) is 8.56. The van der Waals surface area contributed by atoms with Crippen molar-refractivity contribution in [3.8, 4) is 0 Å². The summed E-state index contributed by atoms with van der Waals surface area (Å²) in [6, 6.07) is 0. The van der Waals surface area contributed by atoms with Crippen LogP contribution in [0.1, 0.15) is 19.8 Å². The van der Waals surface area contributed by atoms with Crippen LogP contribution in [0.15, 0.2) is 0 Å². The van der Waals surface area contributed by atoms with Crippen LogP contribution in [0.25, 0.3) is 0 Å². The van der Waals surface area contributed by atoms with Crippen molar-refractivity contribution in [1.29, 1.82) is 0 Å². The molecule has 0 aliphatic heterocycles. The molecule has 0 aromatic heterocycles. The lowest BCUT2D eigenvalue weighted by Crippen LogP contribution is -2.05. The number of rotatable bonds is 4. The number of ether oxygens (including phenoxy) is 1. The minimum atomic E-state index is -0.333. The van der Waals surface area contributed by atoms with Crippen molar-refractivity contribution in [2.75, 3.05) is 6.61 Å². The van der Waals surface area contributed by atoms with Gasteiger partial charge in [-0.3, -0.25) is 9.59 Å². The van der Waals surface area contributed by atoms with Gasteiger partial charge in [-0.1, -0.05) is 6.92 Å². The highest BCUT2D eigenvalue weighted by atomic mass is 16.5. The second-order valence-corrected chi connectivity index (χ2v) is 1.56. The Morgan fingerprint density at radius 2 is 2.33 bits per heavy atom. The first kappa shape index (κ1) is 8.14. The number of carbonyl (C=O) groups excluding carboxylic acids is 2. The van der Waals surface area contributed by atoms with Gasteiger partial charge in [0, 0.05) is 6.42 Å². The smallest absolute Gasteiger partial charge is 0.306 e. The van der Waals surface area contributed by atoms with Gasteiger partial charge in [0.05, 0.1) is 0 Å². The van der Waals surface area contributed by atoms with Crippen LogP contribution in [0.2, 0.25) is 0 Å². The van der Waals surface area contributed by atoms with E-state index in [4.69, 9.17) is 0 Å². The molecule has 9 heavy (non-hydrogen) atoms. The highest BCUT2D eigenvalue weighted by molar-refractivity contribution is 5.71. The molecule has 0 rings (SSSR count). The second-order valence-electron chi connectivity index (χ2n) is 1.56. The minimum absolute atomic E-state index is 0.237. The molecule has 0 aliphatic carbocycles. The van der Waals surface area contributed by atoms with Crippen molar-refractivity contribution >= 4 is 12.3 Å². The van der Waals surface area contributed by atoms with Crippen molar-refractivity contribution in [2.24, 2.45) is 0 Å². The maximum atomic E-state index is 10.4. The van der Waals surface area contributed by atoms with Crippen LogP contribution in [0.5, 0.6) is 0 Å². The maximum absolute atomic E-state index is 10.4. The Labute approximate surface area is 54.0 Å². The molecule has 0 bridgehead atoms. The Hall–Kier alpha value is -0.860. The fraction of sp³-hybridized carbons (Fsp3) is 0.667. The lowest BCUT2D eigenvalue weighted by Gasteiger charge is -1.95. The largest absolute Gasteiger partial charge is 0.457 e. The van der Waals surface area contributed by atoms with Gasteiger partial charge in [-0.25, -0.2) is 0 Å². The minimum Gasteiger partial charge on any atom is -0.457 e. The van der Waals surface area contributed by atoms with E-state index in [1.165, 1.54) is 6.29 Å². The van der Waals surface area contributed by atoms with Crippen molar-refractivity contribution in [3.05, 3.63) is 0 Å². The van der Waals surface area contributed by atoms with Gasteiger partial charge in [0.1, 0.15) is 0 Å². The summed E-state index contributed by atoms with van der Waals surface area (Å²) in [5.74, 6) is -0.333. The summed E-state index contributed by atoms with van der Waals surface area (Å²) >= 11 is 0. The summed E-state index contributed by atoms with van der Waals surface area (Å²) in [5, 5.41) is 0. The van der Waals surface area contributed by atoms with Crippen LogP contribution in [-0.2, 0) is 14.3 Å². The predicted molar refractivity (Wildman–Crippen MR) is 31.6 cm³/mol. The van der Waals surface area contributed by atoms with Crippen LogP contribution in [0, 0.1) is 0 Å². The lowest BCUT2D eigenvalue weighted by atomic mass is 10.3. The average molecular weight is 129 g/mol. The van der Waals surface area contributed by atoms with E-state index in [0.717, 1.165) is 6.42 Å². The zero-order valence-electron chi connectivity index (χ0n) is 5.35. The molecule has 0 aromatic carbocycles. The number of hydrogen-bond acceptors (Lipinski definition) is 3. The molecule has 3 heteroatoms. The van der Waals surface area contributed by atoms with Crippen LogP contribution in [-0.4, -0.2) is 18.9 Å². The Bertz CT molecular complexity index is 98.5. The quantitative estimate of drug-likeness (QED) is 0.517. The van der Waals surface area contributed by atoms with Gasteiger partial charge in [0.25, 0.3) is 0 Å². The molecule has 0 saturated heterocycles. The molecule has 0 heterocycles. The van der Waals surface area contributed by atoms with E-state index in [1.807, 2.05) is 6.92 Å². The molecule has 0 fully saturated rings. The number of carbonyl (C=O) groups is 1. The van der Waals surface area contributed by atoms with Gasteiger partial charge < -0.3 is 4.74 Å². The number of esters is 1. The summed E-state index contributed by atoms with van der Waals surface area (Å²) in [6.07, 6.45) is 2.59. The summed E-state index contributed by atoms with van der Waals surface area (Å²) in [6.45, 7) is 1.63. The first-order valence-electron chi connectivity index (χ1n) is 2.82. The summed E-state index contributed by atoms with van der Waals surface area (Å²) in [5.41, 5.74) is 0. The average Bonchev–Trinajstić information content (AvgIpc) is 1.85. The first-order chi connectivity index (χ1) is 4.31. The van der Waals surface area contributed by atoms with Crippen LogP contribution < -0.4 is 0 Å². The maximum Gasteiger partial charge on any atom is 0.306 e. The molecule has 0 aromatic rings. The molecular weight excluding hydrogens is 120 g/mol. The molecule has 3 nitrogen and oxygen atoms in total. The van der Waals surface area contributed by atoms with Crippen molar-refractivity contribution in [3.63, 3.8) is 0 Å². The van der Waals surface area contributed by atoms with Gasteiger partial charge in [0.2, 0.25) is 6.29 Å². The molecule has 51 valence electrons. The zero-order chi connectivity index (χ0) is 7.11. The van der Waals surface area contributed by atoms with Crippen molar-refractivity contribution < 1.29 is 14.3 Å². The van der Waals surface area contributed by atoms with Gasteiger partial charge in [0.15, 0.2) is 6.61 Å². The summed E-state index contributed by atoms with van der Waals surface area (Å²) in [7, 11) is 0. The molecule has 0 amide bonds.